The van der Waals surface area contributed by atoms with E-state index in [2.05, 4.69) is 16.9 Å². The Hall–Kier alpha value is -4.20. The number of aryl methyl sites for hydroxylation is 1. The van der Waals surface area contributed by atoms with E-state index in [1.807, 2.05) is 0 Å². The summed E-state index contributed by atoms with van der Waals surface area (Å²) in [6.07, 6.45) is 4.16. The zero-order valence-electron chi connectivity index (χ0n) is 22.2. The van der Waals surface area contributed by atoms with E-state index in [0.717, 1.165) is 26.2 Å². The lowest BCUT2D eigenvalue weighted by Crippen LogP contribution is -2.42. The predicted octanol–water partition coefficient (Wildman–Crippen LogP) is 3.47. The quantitative estimate of drug-likeness (QED) is 0.468. The van der Waals surface area contributed by atoms with Gasteiger partial charge >= 0.3 is 0 Å². The van der Waals surface area contributed by atoms with Gasteiger partial charge in [-0.05, 0) is 56.1 Å². The second-order valence-corrected chi connectivity index (χ2v) is 10.7. The van der Waals surface area contributed by atoms with Crippen molar-refractivity contribution in [3.63, 3.8) is 0 Å². The summed E-state index contributed by atoms with van der Waals surface area (Å²) >= 11 is 0. The first kappa shape index (κ1) is 26.4. The highest BCUT2D eigenvalue weighted by atomic mass is 19.3. The molecule has 2 fully saturated rings. The molecule has 1 saturated heterocycles. The third-order valence-electron chi connectivity index (χ3n) is 7.81. The van der Waals surface area contributed by atoms with E-state index in [1.165, 1.54) is 12.1 Å². The fraction of sp³-hybridized carbons (Fsp3) is 0.429. The summed E-state index contributed by atoms with van der Waals surface area (Å²) in [7, 11) is 0. The van der Waals surface area contributed by atoms with Crippen molar-refractivity contribution in [3.8, 4) is 23.1 Å². The summed E-state index contributed by atoms with van der Waals surface area (Å²) in [6.45, 7) is 5.87. The summed E-state index contributed by atoms with van der Waals surface area (Å²) in [5, 5.41) is 9.25. The molecule has 2 aromatic heterocycles. The molecule has 1 saturated carbocycles. The number of carbonyl (C=O) groups excluding carboxylic acids is 2. The largest absolute Gasteiger partial charge is 0.383 e. The maximum Gasteiger partial charge on any atom is 0.298 e. The Morgan fingerprint density at radius 3 is 2.67 bits per heavy atom. The molecule has 4 N–H and O–H groups in total. The minimum atomic E-state index is -2.95. The summed E-state index contributed by atoms with van der Waals surface area (Å²) in [6, 6.07) is 6.17. The monoisotopic (exact) mass is 535 g/mol. The van der Waals surface area contributed by atoms with Crippen molar-refractivity contribution in [2.45, 2.75) is 58.5 Å². The van der Waals surface area contributed by atoms with Crippen LogP contribution in [0.2, 0.25) is 0 Å². The van der Waals surface area contributed by atoms with Crippen LogP contribution < -0.4 is 11.5 Å². The van der Waals surface area contributed by atoms with Crippen LogP contribution >= 0.6 is 0 Å². The fourth-order valence-corrected chi connectivity index (χ4v) is 5.86. The molecule has 0 radical (unpaired) electrons. The zero-order chi connectivity index (χ0) is 28.1. The molecule has 39 heavy (non-hydrogen) atoms. The van der Waals surface area contributed by atoms with Gasteiger partial charge in [0.25, 0.3) is 17.7 Å². The smallest absolute Gasteiger partial charge is 0.298 e. The summed E-state index contributed by atoms with van der Waals surface area (Å²) < 4.78 is 30.9. The van der Waals surface area contributed by atoms with Crippen LogP contribution in [0.1, 0.15) is 66.3 Å². The number of hydrogen-bond acceptors (Lipinski definition) is 5. The highest BCUT2D eigenvalue weighted by Crippen LogP contribution is 2.54. The maximum atomic E-state index is 13.8. The molecule has 204 valence electrons. The lowest BCUT2D eigenvalue weighted by atomic mass is 9.65. The number of benzene rings is 1. The third kappa shape index (κ3) is 4.87. The number of halogens is 2. The molecule has 9 nitrogen and oxygen atoms in total. The van der Waals surface area contributed by atoms with Crippen molar-refractivity contribution >= 4 is 17.6 Å². The minimum Gasteiger partial charge on any atom is -0.383 e. The average molecular weight is 536 g/mol. The molecule has 1 aromatic carbocycles. The number of primary amides is 1. The van der Waals surface area contributed by atoms with Crippen molar-refractivity contribution in [2.75, 3.05) is 18.8 Å². The predicted molar refractivity (Wildman–Crippen MR) is 142 cm³/mol. The van der Waals surface area contributed by atoms with Gasteiger partial charge in [-0.2, -0.15) is 10.2 Å². The number of hydrogen-bond donors (Lipinski definition) is 2. The lowest BCUT2D eigenvalue weighted by molar-refractivity contribution is -0.125. The number of likely N-dealkylation sites (tertiary alicyclic amines) is 1. The van der Waals surface area contributed by atoms with Crippen LogP contribution in [0.15, 0.2) is 30.5 Å². The van der Waals surface area contributed by atoms with E-state index < -0.39 is 11.8 Å². The van der Waals surface area contributed by atoms with E-state index >= 15 is 0 Å². The minimum absolute atomic E-state index is 0.00811. The number of nitrogens with zero attached hydrogens (tertiary/aromatic N) is 5. The van der Waals surface area contributed by atoms with Gasteiger partial charge in [-0.15, -0.1) is 0 Å². The van der Waals surface area contributed by atoms with Gasteiger partial charge < -0.3 is 16.4 Å². The van der Waals surface area contributed by atoms with Gasteiger partial charge in [-0.3, -0.25) is 14.3 Å². The van der Waals surface area contributed by atoms with Crippen molar-refractivity contribution in [3.05, 3.63) is 52.8 Å². The van der Waals surface area contributed by atoms with E-state index in [4.69, 9.17) is 16.6 Å². The highest BCUT2D eigenvalue weighted by molar-refractivity contribution is 6.03. The van der Waals surface area contributed by atoms with Gasteiger partial charge in [-0.25, -0.2) is 13.5 Å². The maximum absolute atomic E-state index is 13.8. The number of aromatic nitrogens is 4. The first-order valence-electron chi connectivity index (χ1n) is 12.8. The van der Waals surface area contributed by atoms with Gasteiger partial charge in [-0.1, -0.05) is 24.1 Å². The Labute approximate surface area is 225 Å². The Kier molecular flexibility index (Phi) is 6.45. The molecule has 1 aliphatic carbocycles. The number of carbonyl (C=O) groups is 2. The van der Waals surface area contributed by atoms with E-state index in [9.17, 15) is 18.4 Å². The van der Waals surface area contributed by atoms with Crippen LogP contribution in [-0.4, -0.2) is 49.4 Å². The van der Waals surface area contributed by atoms with E-state index in [0.29, 0.717) is 35.6 Å². The summed E-state index contributed by atoms with van der Waals surface area (Å²) in [4.78, 5) is 26.4. The third-order valence-corrected chi connectivity index (χ3v) is 7.81. The van der Waals surface area contributed by atoms with Gasteiger partial charge in [0.1, 0.15) is 17.1 Å². The second kappa shape index (κ2) is 9.52. The Morgan fingerprint density at radius 1 is 1.26 bits per heavy atom. The number of anilines is 1. The van der Waals surface area contributed by atoms with Crippen molar-refractivity contribution < 1.29 is 18.4 Å². The van der Waals surface area contributed by atoms with Crippen LogP contribution in [0.25, 0.3) is 11.3 Å². The molecule has 3 aromatic rings. The van der Waals surface area contributed by atoms with Crippen LogP contribution in [0.3, 0.4) is 0 Å². The van der Waals surface area contributed by atoms with Crippen molar-refractivity contribution in [1.82, 2.24) is 24.5 Å². The second-order valence-electron chi connectivity index (χ2n) is 10.7. The van der Waals surface area contributed by atoms with Crippen molar-refractivity contribution in [1.29, 1.82) is 0 Å². The standard InChI is InChI=1S/C28H31F2N7O2/c1-4-6-22(38)35-10-9-28(16-35)12-20(13-28)37-25(31)23(26(32)39)24(34-37)21-15-36(33-17(21)2)14-18-7-5-8-19(11-18)27(3,29)30/h5,7-8,11,15,20H,9-10,12-14,16,31H2,1-3H3,(H2,32,39). The van der Waals surface area contributed by atoms with Crippen molar-refractivity contribution in [2.24, 2.45) is 11.1 Å². The summed E-state index contributed by atoms with van der Waals surface area (Å²) in [5.74, 6) is 1.67. The number of rotatable bonds is 6. The topological polar surface area (TPSA) is 125 Å². The number of nitrogen functional groups attached to an aromatic ring is 1. The normalized spacial score (nSPS) is 20.5. The van der Waals surface area contributed by atoms with Gasteiger partial charge in [0.2, 0.25) is 0 Å². The average Bonchev–Trinajstić information content (AvgIpc) is 3.53. The molecule has 0 bridgehead atoms. The molecule has 3 heterocycles. The van der Waals surface area contributed by atoms with Crippen LogP contribution in [0.4, 0.5) is 14.6 Å². The molecule has 2 aliphatic rings. The first-order chi connectivity index (χ1) is 18.4. The van der Waals surface area contributed by atoms with E-state index in [1.54, 1.807) is 46.4 Å². The van der Waals surface area contributed by atoms with Crippen LogP contribution in [0.5, 0.6) is 0 Å². The highest BCUT2D eigenvalue weighted by Gasteiger charge is 2.51. The molecular formula is C28H31F2N7O2. The molecule has 1 spiro atoms. The number of nitrogens with two attached hydrogens (primary N) is 2. The van der Waals surface area contributed by atoms with E-state index in [-0.39, 0.29) is 40.9 Å². The Morgan fingerprint density at radius 2 is 2.00 bits per heavy atom. The lowest BCUT2D eigenvalue weighted by Gasteiger charge is -2.45. The van der Waals surface area contributed by atoms with Gasteiger partial charge in [0.15, 0.2) is 0 Å². The molecule has 11 heteroatoms. The SMILES string of the molecule is CC#CC(=O)N1CCC2(CC(n3nc(-c4cn(Cc5cccc(C(C)(F)F)c5)nc4C)c(C(N)=O)c3N)C2)C1. The molecule has 2 amide bonds. The zero-order valence-corrected chi connectivity index (χ0v) is 22.2. The van der Waals surface area contributed by atoms with Crippen LogP contribution in [0, 0.1) is 24.2 Å². The molecule has 1 aliphatic heterocycles. The fourth-order valence-electron chi connectivity index (χ4n) is 5.86. The van der Waals surface area contributed by atoms with Gasteiger partial charge in [0.05, 0.1) is 18.3 Å². The molecule has 0 unspecified atom stereocenters. The first-order valence-corrected chi connectivity index (χ1v) is 12.8. The molecular weight excluding hydrogens is 504 g/mol. The Balaban J connectivity index is 1.39. The number of alkyl halides is 2. The summed E-state index contributed by atoms with van der Waals surface area (Å²) in [5.41, 5.74) is 14.4. The van der Waals surface area contributed by atoms with Gasteiger partial charge in [0, 0.05) is 37.3 Å². The molecule has 0 atom stereocenters. The Bertz CT molecular complexity index is 1520. The van der Waals surface area contributed by atoms with Crippen LogP contribution in [-0.2, 0) is 17.3 Å². The molecule has 5 rings (SSSR count). The number of amides is 2.